The second-order valence-corrected chi connectivity index (χ2v) is 3.83. The zero-order valence-electron chi connectivity index (χ0n) is 9.42. The fourth-order valence-corrected chi connectivity index (χ4v) is 1.56. The Morgan fingerprint density at radius 1 is 1.36 bits per heavy atom. The Morgan fingerprint density at radius 2 is 2.07 bits per heavy atom. The smallest absolute Gasteiger partial charge is 0.120 e. The van der Waals surface area contributed by atoms with Crippen molar-refractivity contribution in [2.24, 2.45) is 5.92 Å². The summed E-state index contributed by atoms with van der Waals surface area (Å²) in [6.45, 7) is 7.71. The Balaban J connectivity index is 2.31. The van der Waals surface area contributed by atoms with Crippen LogP contribution in [0.15, 0.2) is 22.8 Å². The molecule has 2 nitrogen and oxygen atoms in total. The van der Waals surface area contributed by atoms with Gasteiger partial charge in [0, 0.05) is 0 Å². The fraction of sp³-hybridized carbons (Fsp3) is 0.667. The third-order valence-corrected chi connectivity index (χ3v) is 2.84. The summed E-state index contributed by atoms with van der Waals surface area (Å²) in [6, 6.07) is 4.28. The van der Waals surface area contributed by atoms with Crippen molar-refractivity contribution in [3.05, 3.63) is 24.2 Å². The highest BCUT2D eigenvalue weighted by Crippen LogP contribution is 2.14. The summed E-state index contributed by atoms with van der Waals surface area (Å²) in [7, 11) is 0. The maximum absolute atomic E-state index is 5.33. The first-order valence-corrected chi connectivity index (χ1v) is 5.54. The summed E-state index contributed by atoms with van der Waals surface area (Å²) in [4.78, 5) is 0. The van der Waals surface area contributed by atoms with Crippen molar-refractivity contribution < 1.29 is 4.42 Å². The minimum Gasteiger partial charge on any atom is -0.468 e. The van der Waals surface area contributed by atoms with Crippen LogP contribution in [0.1, 0.15) is 45.4 Å². The second-order valence-electron chi connectivity index (χ2n) is 3.83. The first-order valence-electron chi connectivity index (χ1n) is 5.54. The van der Waals surface area contributed by atoms with Crippen LogP contribution in [0, 0.1) is 5.92 Å². The molecule has 0 fully saturated rings. The highest BCUT2D eigenvalue weighted by atomic mass is 16.3. The van der Waals surface area contributed by atoms with Crippen molar-refractivity contribution in [1.29, 1.82) is 0 Å². The third kappa shape index (κ3) is 3.18. The molecule has 0 bridgehead atoms. The summed E-state index contributed by atoms with van der Waals surface area (Å²) < 4.78 is 5.33. The molecule has 0 spiro atoms. The Bertz CT molecular complexity index is 226. The van der Waals surface area contributed by atoms with Crippen molar-refractivity contribution in [3.8, 4) is 0 Å². The number of nitrogens with one attached hydrogen (secondary N) is 1. The molecule has 1 N–H and O–H groups in total. The van der Waals surface area contributed by atoms with Gasteiger partial charge in [0.15, 0.2) is 0 Å². The average molecular weight is 195 g/mol. The SMILES string of the molecule is CCC(CC)CN[C@@H](C)c1ccco1. The van der Waals surface area contributed by atoms with Crippen molar-refractivity contribution in [2.75, 3.05) is 6.54 Å². The molecular formula is C12H21NO. The van der Waals surface area contributed by atoms with E-state index in [4.69, 9.17) is 4.42 Å². The molecular weight excluding hydrogens is 174 g/mol. The lowest BCUT2D eigenvalue weighted by atomic mass is 10.0. The van der Waals surface area contributed by atoms with Gasteiger partial charge in [-0.3, -0.25) is 0 Å². The number of hydrogen-bond donors (Lipinski definition) is 1. The molecule has 0 aromatic carbocycles. The molecule has 14 heavy (non-hydrogen) atoms. The molecule has 0 amide bonds. The monoisotopic (exact) mass is 195 g/mol. The van der Waals surface area contributed by atoms with Crippen LogP contribution in [0.3, 0.4) is 0 Å². The quantitative estimate of drug-likeness (QED) is 0.753. The van der Waals surface area contributed by atoms with Crippen molar-refractivity contribution in [2.45, 2.75) is 39.7 Å². The molecule has 2 heteroatoms. The predicted octanol–water partition coefficient (Wildman–Crippen LogP) is 3.37. The van der Waals surface area contributed by atoms with Gasteiger partial charge in [0.05, 0.1) is 12.3 Å². The van der Waals surface area contributed by atoms with Gasteiger partial charge in [-0.1, -0.05) is 26.7 Å². The van der Waals surface area contributed by atoms with Crippen LogP contribution < -0.4 is 5.32 Å². The molecule has 0 radical (unpaired) electrons. The molecule has 1 aromatic rings. The van der Waals surface area contributed by atoms with Gasteiger partial charge < -0.3 is 9.73 Å². The van der Waals surface area contributed by atoms with E-state index in [-0.39, 0.29) is 0 Å². The normalized spacial score (nSPS) is 13.4. The Hall–Kier alpha value is -0.760. The van der Waals surface area contributed by atoms with Gasteiger partial charge in [-0.05, 0) is 31.5 Å². The van der Waals surface area contributed by atoms with Crippen LogP contribution in [0.5, 0.6) is 0 Å². The van der Waals surface area contributed by atoms with E-state index in [1.54, 1.807) is 6.26 Å². The van der Waals surface area contributed by atoms with E-state index in [1.165, 1.54) is 12.8 Å². The Morgan fingerprint density at radius 3 is 2.57 bits per heavy atom. The Labute approximate surface area is 86.7 Å². The maximum atomic E-state index is 5.33. The standard InChI is InChI=1S/C12H21NO/c1-4-11(5-2)9-13-10(3)12-7-6-8-14-12/h6-8,10-11,13H,4-5,9H2,1-3H3/t10-/m0/s1. The zero-order valence-corrected chi connectivity index (χ0v) is 9.42. The molecule has 0 saturated carbocycles. The van der Waals surface area contributed by atoms with E-state index in [0.29, 0.717) is 6.04 Å². The first-order chi connectivity index (χ1) is 6.77. The van der Waals surface area contributed by atoms with Crippen LogP contribution >= 0.6 is 0 Å². The lowest BCUT2D eigenvalue weighted by Gasteiger charge is -2.16. The van der Waals surface area contributed by atoms with Gasteiger partial charge in [-0.2, -0.15) is 0 Å². The van der Waals surface area contributed by atoms with E-state index in [1.807, 2.05) is 12.1 Å². The molecule has 1 atom stereocenters. The van der Waals surface area contributed by atoms with E-state index in [2.05, 4.69) is 26.1 Å². The minimum atomic E-state index is 0.325. The summed E-state index contributed by atoms with van der Waals surface area (Å²) in [6.07, 6.45) is 4.22. The van der Waals surface area contributed by atoms with E-state index in [0.717, 1.165) is 18.2 Å². The van der Waals surface area contributed by atoms with Gasteiger partial charge in [-0.15, -0.1) is 0 Å². The van der Waals surface area contributed by atoms with Crippen LogP contribution in [0.2, 0.25) is 0 Å². The largest absolute Gasteiger partial charge is 0.468 e. The molecule has 0 aliphatic carbocycles. The summed E-state index contributed by atoms with van der Waals surface area (Å²) in [5.74, 6) is 1.81. The third-order valence-electron chi connectivity index (χ3n) is 2.84. The topological polar surface area (TPSA) is 25.2 Å². The molecule has 1 heterocycles. The van der Waals surface area contributed by atoms with Gasteiger partial charge in [0.25, 0.3) is 0 Å². The van der Waals surface area contributed by atoms with Crippen LogP contribution in [-0.2, 0) is 0 Å². The molecule has 1 aromatic heterocycles. The lowest BCUT2D eigenvalue weighted by molar-refractivity contribution is 0.382. The highest BCUT2D eigenvalue weighted by Gasteiger charge is 2.09. The molecule has 80 valence electrons. The van der Waals surface area contributed by atoms with Gasteiger partial charge in [0.1, 0.15) is 5.76 Å². The molecule has 0 aliphatic rings. The van der Waals surface area contributed by atoms with Gasteiger partial charge >= 0.3 is 0 Å². The van der Waals surface area contributed by atoms with Crippen LogP contribution in [-0.4, -0.2) is 6.54 Å². The number of rotatable bonds is 6. The predicted molar refractivity (Wildman–Crippen MR) is 59.2 cm³/mol. The average Bonchev–Trinajstić information content (AvgIpc) is 2.72. The van der Waals surface area contributed by atoms with Crippen molar-refractivity contribution in [1.82, 2.24) is 5.32 Å². The summed E-state index contributed by atoms with van der Waals surface area (Å²) in [5.41, 5.74) is 0. The van der Waals surface area contributed by atoms with Gasteiger partial charge in [-0.25, -0.2) is 0 Å². The van der Waals surface area contributed by atoms with E-state index < -0.39 is 0 Å². The van der Waals surface area contributed by atoms with E-state index >= 15 is 0 Å². The summed E-state index contributed by atoms with van der Waals surface area (Å²) in [5, 5.41) is 3.49. The summed E-state index contributed by atoms with van der Waals surface area (Å²) >= 11 is 0. The fourth-order valence-electron chi connectivity index (χ4n) is 1.56. The van der Waals surface area contributed by atoms with Crippen LogP contribution in [0.25, 0.3) is 0 Å². The minimum absolute atomic E-state index is 0.325. The highest BCUT2D eigenvalue weighted by molar-refractivity contribution is 5.02. The van der Waals surface area contributed by atoms with Crippen molar-refractivity contribution in [3.63, 3.8) is 0 Å². The molecule has 0 saturated heterocycles. The maximum Gasteiger partial charge on any atom is 0.120 e. The Kier molecular flexibility index (Phi) is 4.74. The second kappa shape index (κ2) is 5.86. The molecule has 0 aliphatic heterocycles. The lowest BCUT2D eigenvalue weighted by Crippen LogP contribution is -2.24. The number of hydrogen-bond acceptors (Lipinski definition) is 2. The molecule has 0 unspecified atom stereocenters. The number of furan rings is 1. The van der Waals surface area contributed by atoms with Crippen molar-refractivity contribution >= 4 is 0 Å². The van der Waals surface area contributed by atoms with E-state index in [9.17, 15) is 0 Å². The zero-order chi connectivity index (χ0) is 10.4. The van der Waals surface area contributed by atoms with Crippen LogP contribution in [0.4, 0.5) is 0 Å². The van der Waals surface area contributed by atoms with Gasteiger partial charge in [0.2, 0.25) is 0 Å². The molecule has 1 rings (SSSR count). The first kappa shape index (κ1) is 11.3.